The van der Waals surface area contributed by atoms with Gasteiger partial charge in [0, 0.05) is 38.8 Å². The van der Waals surface area contributed by atoms with Crippen LogP contribution in [0.2, 0.25) is 0 Å². The third kappa shape index (κ3) is 2.35. The van der Waals surface area contributed by atoms with E-state index in [9.17, 15) is 4.79 Å². The van der Waals surface area contributed by atoms with Gasteiger partial charge in [-0.1, -0.05) is 0 Å². The number of aromatic nitrogens is 2. The number of hydrogen-bond acceptors (Lipinski definition) is 5. The quantitative estimate of drug-likeness (QED) is 0.837. The van der Waals surface area contributed by atoms with Crippen molar-refractivity contribution in [2.45, 2.75) is 19.9 Å². The number of carbonyl (C=O) groups excluding carboxylic acids is 1. The molecule has 0 saturated carbocycles. The first-order valence-corrected chi connectivity index (χ1v) is 7.06. The Labute approximate surface area is 118 Å². The molecular formula is C13H20N6O. The summed E-state index contributed by atoms with van der Waals surface area (Å²) in [6.07, 6.45) is 0. The van der Waals surface area contributed by atoms with Crippen molar-refractivity contribution in [3.63, 3.8) is 0 Å². The fourth-order valence-electron chi connectivity index (χ4n) is 2.80. The molecule has 2 saturated heterocycles. The molecule has 7 heteroatoms. The SMILES string of the molecule is CCNc1cc(N2CCN3C(=O)NCC3C2)nc(C)n1. The van der Waals surface area contributed by atoms with Crippen molar-refractivity contribution in [2.24, 2.45) is 0 Å². The summed E-state index contributed by atoms with van der Waals surface area (Å²) in [5.41, 5.74) is 0. The van der Waals surface area contributed by atoms with Crippen molar-refractivity contribution in [3.05, 3.63) is 11.9 Å². The zero-order chi connectivity index (χ0) is 14.1. The lowest BCUT2D eigenvalue weighted by Gasteiger charge is -2.37. The summed E-state index contributed by atoms with van der Waals surface area (Å²) in [7, 11) is 0. The number of urea groups is 1. The van der Waals surface area contributed by atoms with Gasteiger partial charge in [-0.3, -0.25) is 0 Å². The summed E-state index contributed by atoms with van der Waals surface area (Å²) in [6, 6.07) is 2.28. The van der Waals surface area contributed by atoms with Crippen LogP contribution in [-0.2, 0) is 0 Å². The molecule has 7 nitrogen and oxygen atoms in total. The minimum absolute atomic E-state index is 0.0573. The number of nitrogens with one attached hydrogen (secondary N) is 2. The number of amides is 2. The molecule has 2 aliphatic heterocycles. The molecule has 3 rings (SSSR count). The number of rotatable bonds is 3. The Balaban J connectivity index is 1.78. The molecule has 1 unspecified atom stereocenters. The van der Waals surface area contributed by atoms with Crippen molar-refractivity contribution < 1.29 is 4.79 Å². The zero-order valence-corrected chi connectivity index (χ0v) is 11.9. The van der Waals surface area contributed by atoms with Gasteiger partial charge in [0.15, 0.2) is 0 Å². The maximum atomic E-state index is 11.6. The van der Waals surface area contributed by atoms with Gasteiger partial charge in [0.05, 0.1) is 6.04 Å². The Hall–Kier alpha value is -2.05. The Morgan fingerprint density at radius 3 is 3.10 bits per heavy atom. The van der Waals surface area contributed by atoms with E-state index in [-0.39, 0.29) is 12.1 Å². The molecular weight excluding hydrogens is 256 g/mol. The molecule has 0 bridgehead atoms. The van der Waals surface area contributed by atoms with Crippen LogP contribution >= 0.6 is 0 Å². The fourth-order valence-corrected chi connectivity index (χ4v) is 2.80. The lowest BCUT2D eigenvalue weighted by molar-refractivity contribution is 0.197. The van der Waals surface area contributed by atoms with Gasteiger partial charge in [-0.25, -0.2) is 14.8 Å². The number of carbonyl (C=O) groups is 1. The van der Waals surface area contributed by atoms with Crippen LogP contribution in [0.15, 0.2) is 6.07 Å². The van der Waals surface area contributed by atoms with Crippen LogP contribution in [0.5, 0.6) is 0 Å². The van der Waals surface area contributed by atoms with Gasteiger partial charge in [-0.05, 0) is 13.8 Å². The van der Waals surface area contributed by atoms with Crippen LogP contribution in [0, 0.1) is 6.92 Å². The number of piperazine rings is 1. The van der Waals surface area contributed by atoms with Crippen molar-refractivity contribution >= 4 is 17.7 Å². The summed E-state index contributed by atoms with van der Waals surface area (Å²) < 4.78 is 0. The highest BCUT2D eigenvalue weighted by Gasteiger charge is 2.35. The van der Waals surface area contributed by atoms with E-state index in [1.165, 1.54) is 0 Å². The zero-order valence-electron chi connectivity index (χ0n) is 11.9. The Morgan fingerprint density at radius 2 is 2.30 bits per heavy atom. The molecule has 0 spiro atoms. The molecule has 3 heterocycles. The Kier molecular flexibility index (Phi) is 3.33. The molecule has 1 aromatic rings. The summed E-state index contributed by atoms with van der Waals surface area (Å²) in [5, 5.41) is 6.12. The van der Waals surface area contributed by atoms with Crippen LogP contribution in [0.25, 0.3) is 0 Å². The van der Waals surface area contributed by atoms with E-state index in [0.29, 0.717) is 0 Å². The predicted molar refractivity (Wildman–Crippen MR) is 77.0 cm³/mol. The lowest BCUT2D eigenvalue weighted by Crippen LogP contribution is -2.52. The van der Waals surface area contributed by atoms with Crippen LogP contribution in [0.1, 0.15) is 12.7 Å². The Morgan fingerprint density at radius 1 is 1.45 bits per heavy atom. The molecule has 2 aliphatic rings. The minimum Gasteiger partial charge on any atom is -0.370 e. The molecule has 0 radical (unpaired) electrons. The highest BCUT2D eigenvalue weighted by atomic mass is 16.2. The standard InChI is InChI=1S/C13H20N6O/c1-3-14-11-6-12(17-9(2)16-11)18-4-5-19-10(8-18)7-15-13(19)20/h6,10H,3-5,7-8H2,1-2H3,(H,15,20)(H,14,16,17). The van der Waals surface area contributed by atoms with E-state index in [2.05, 4.69) is 25.5 Å². The first-order valence-electron chi connectivity index (χ1n) is 7.06. The molecule has 20 heavy (non-hydrogen) atoms. The lowest BCUT2D eigenvalue weighted by atomic mass is 10.2. The van der Waals surface area contributed by atoms with Gasteiger partial charge in [-0.2, -0.15) is 0 Å². The largest absolute Gasteiger partial charge is 0.370 e. The van der Waals surface area contributed by atoms with E-state index in [4.69, 9.17) is 0 Å². The summed E-state index contributed by atoms with van der Waals surface area (Å²) in [4.78, 5) is 24.6. The number of hydrogen-bond donors (Lipinski definition) is 2. The van der Waals surface area contributed by atoms with E-state index in [1.54, 1.807) is 0 Å². The smallest absolute Gasteiger partial charge is 0.317 e. The van der Waals surface area contributed by atoms with Crippen molar-refractivity contribution in [3.8, 4) is 0 Å². The van der Waals surface area contributed by atoms with Crippen LogP contribution in [0.3, 0.4) is 0 Å². The first kappa shape index (κ1) is 13.0. The first-order chi connectivity index (χ1) is 9.67. The molecule has 2 fully saturated rings. The van der Waals surface area contributed by atoms with Gasteiger partial charge in [0.2, 0.25) is 0 Å². The maximum absolute atomic E-state index is 11.6. The van der Waals surface area contributed by atoms with Gasteiger partial charge < -0.3 is 20.4 Å². The number of fused-ring (bicyclic) bond motifs is 1. The molecule has 1 atom stereocenters. The molecule has 1 aromatic heterocycles. The fraction of sp³-hybridized carbons (Fsp3) is 0.615. The highest BCUT2D eigenvalue weighted by Crippen LogP contribution is 2.21. The predicted octanol–water partition coefficient (Wildman–Crippen LogP) is 0.431. The van der Waals surface area contributed by atoms with Gasteiger partial charge in [-0.15, -0.1) is 0 Å². The topological polar surface area (TPSA) is 73.4 Å². The average molecular weight is 276 g/mol. The minimum atomic E-state index is 0.0573. The molecule has 2 N–H and O–H groups in total. The second-order valence-electron chi connectivity index (χ2n) is 5.17. The van der Waals surface area contributed by atoms with E-state index in [1.807, 2.05) is 24.8 Å². The third-order valence-electron chi connectivity index (χ3n) is 3.74. The van der Waals surface area contributed by atoms with Crippen molar-refractivity contribution in [2.75, 3.05) is 42.9 Å². The maximum Gasteiger partial charge on any atom is 0.317 e. The van der Waals surface area contributed by atoms with Crippen LogP contribution < -0.4 is 15.5 Å². The third-order valence-corrected chi connectivity index (χ3v) is 3.74. The molecule has 108 valence electrons. The summed E-state index contributed by atoms with van der Waals surface area (Å²) >= 11 is 0. The second kappa shape index (κ2) is 5.15. The monoisotopic (exact) mass is 276 g/mol. The summed E-state index contributed by atoms with van der Waals surface area (Å²) in [6.45, 7) is 7.89. The van der Waals surface area contributed by atoms with Gasteiger partial charge >= 0.3 is 6.03 Å². The number of nitrogens with zero attached hydrogens (tertiary/aromatic N) is 4. The average Bonchev–Trinajstić information content (AvgIpc) is 2.80. The molecule has 0 aromatic carbocycles. The van der Waals surface area contributed by atoms with E-state index < -0.39 is 0 Å². The van der Waals surface area contributed by atoms with Crippen LogP contribution in [0.4, 0.5) is 16.4 Å². The molecule has 0 aliphatic carbocycles. The normalized spacial score (nSPS) is 21.7. The van der Waals surface area contributed by atoms with E-state index >= 15 is 0 Å². The number of anilines is 2. The molecule has 2 amide bonds. The van der Waals surface area contributed by atoms with Crippen molar-refractivity contribution in [1.82, 2.24) is 20.2 Å². The number of aryl methyl sites for hydroxylation is 1. The Bertz CT molecular complexity index is 520. The summed E-state index contributed by atoms with van der Waals surface area (Å²) in [5.74, 6) is 2.56. The van der Waals surface area contributed by atoms with E-state index in [0.717, 1.165) is 50.2 Å². The van der Waals surface area contributed by atoms with Crippen molar-refractivity contribution in [1.29, 1.82) is 0 Å². The highest BCUT2D eigenvalue weighted by molar-refractivity contribution is 5.77. The van der Waals surface area contributed by atoms with Gasteiger partial charge in [0.1, 0.15) is 17.5 Å². The second-order valence-corrected chi connectivity index (χ2v) is 5.17. The van der Waals surface area contributed by atoms with Crippen LogP contribution in [-0.4, -0.2) is 59.7 Å². The van der Waals surface area contributed by atoms with Gasteiger partial charge in [0.25, 0.3) is 0 Å².